The number of aryl methyl sites for hydroxylation is 1. The van der Waals surface area contributed by atoms with E-state index in [-0.39, 0.29) is 18.3 Å². The molecule has 0 spiro atoms. The Kier molecular flexibility index (Phi) is 6.62. The van der Waals surface area contributed by atoms with Crippen molar-refractivity contribution in [1.29, 1.82) is 0 Å². The number of rotatable bonds is 5. The first-order valence-electron chi connectivity index (χ1n) is 9.25. The maximum absolute atomic E-state index is 13.4. The van der Waals surface area contributed by atoms with Crippen LogP contribution < -0.4 is 14.4 Å². The number of likely N-dealkylation sites (N-methyl/N-ethyl adjacent to an activating group) is 1. The van der Waals surface area contributed by atoms with E-state index in [0.29, 0.717) is 42.0 Å². The summed E-state index contributed by atoms with van der Waals surface area (Å²) in [6, 6.07) is 11.5. The van der Waals surface area contributed by atoms with Gasteiger partial charge in [0.1, 0.15) is 13.2 Å². The number of thiazole rings is 1. The Hall–Kier alpha value is -2.35. The smallest absolute Gasteiger partial charge is 0.260 e. The van der Waals surface area contributed by atoms with Crippen molar-refractivity contribution in [3.63, 3.8) is 0 Å². The molecule has 6 nitrogen and oxygen atoms in total. The summed E-state index contributed by atoms with van der Waals surface area (Å²) >= 11 is 1.54. The van der Waals surface area contributed by atoms with Gasteiger partial charge in [-0.25, -0.2) is 4.98 Å². The van der Waals surface area contributed by atoms with Crippen molar-refractivity contribution in [2.75, 3.05) is 45.3 Å². The molecule has 8 heteroatoms. The fourth-order valence-electron chi connectivity index (χ4n) is 3.11. The van der Waals surface area contributed by atoms with Crippen molar-refractivity contribution in [3.8, 4) is 11.5 Å². The Balaban J connectivity index is 0.00000240. The molecule has 154 valence electrons. The second-order valence-corrected chi connectivity index (χ2v) is 8.05. The molecule has 1 aliphatic heterocycles. The molecule has 1 amide bonds. The van der Waals surface area contributed by atoms with Crippen LogP contribution in [0.15, 0.2) is 36.4 Å². The predicted molar refractivity (Wildman–Crippen MR) is 119 cm³/mol. The number of carbonyl (C=O) groups is 1. The Morgan fingerprint density at radius 2 is 1.86 bits per heavy atom. The minimum atomic E-state index is -0.0875. The summed E-state index contributed by atoms with van der Waals surface area (Å²) in [5.74, 6) is 1.21. The van der Waals surface area contributed by atoms with Gasteiger partial charge in [0.2, 0.25) is 0 Å². The highest BCUT2D eigenvalue weighted by Gasteiger charge is 2.23. The fourth-order valence-corrected chi connectivity index (χ4v) is 4.17. The summed E-state index contributed by atoms with van der Waals surface area (Å²) in [5, 5.41) is 0.714. The molecule has 2 aromatic carbocycles. The lowest BCUT2D eigenvalue weighted by atomic mass is 10.1. The molecule has 0 saturated carbocycles. The van der Waals surface area contributed by atoms with E-state index in [2.05, 4.69) is 4.90 Å². The van der Waals surface area contributed by atoms with Gasteiger partial charge in [0.25, 0.3) is 5.91 Å². The van der Waals surface area contributed by atoms with Crippen LogP contribution in [0.25, 0.3) is 10.2 Å². The summed E-state index contributed by atoms with van der Waals surface area (Å²) < 4.78 is 12.3. The number of fused-ring (bicyclic) bond motifs is 2. The molecule has 2 heterocycles. The average molecular weight is 434 g/mol. The van der Waals surface area contributed by atoms with Crippen LogP contribution in [-0.4, -0.2) is 56.2 Å². The molecule has 4 rings (SSSR count). The Bertz CT molecular complexity index is 1020. The highest BCUT2D eigenvalue weighted by molar-refractivity contribution is 7.22. The lowest BCUT2D eigenvalue weighted by molar-refractivity contribution is 0.0984. The number of aromatic nitrogens is 1. The first-order valence-corrected chi connectivity index (χ1v) is 10.1. The molecule has 0 fully saturated rings. The largest absolute Gasteiger partial charge is 0.486 e. The average Bonchev–Trinajstić information content (AvgIpc) is 3.12. The van der Waals surface area contributed by atoms with Crippen LogP contribution in [-0.2, 0) is 0 Å². The zero-order valence-electron chi connectivity index (χ0n) is 16.7. The lowest BCUT2D eigenvalue weighted by Crippen LogP contribution is -2.36. The molecule has 0 atom stereocenters. The van der Waals surface area contributed by atoms with Crippen LogP contribution in [0.4, 0.5) is 5.13 Å². The minimum absolute atomic E-state index is 0. The third-order valence-corrected chi connectivity index (χ3v) is 5.69. The van der Waals surface area contributed by atoms with Gasteiger partial charge in [-0.3, -0.25) is 9.69 Å². The van der Waals surface area contributed by atoms with Gasteiger partial charge in [0.15, 0.2) is 16.6 Å². The van der Waals surface area contributed by atoms with Gasteiger partial charge in [0, 0.05) is 18.7 Å². The van der Waals surface area contributed by atoms with Gasteiger partial charge in [-0.05, 0) is 50.8 Å². The van der Waals surface area contributed by atoms with Gasteiger partial charge < -0.3 is 14.4 Å². The number of halogens is 1. The molecular weight excluding hydrogens is 410 g/mol. The lowest BCUT2D eigenvalue weighted by Gasteiger charge is -2.23. The molecular formula is C21H24ClN3O3S. The highest BCUT2D eigenvalue weighted by Crippen LogP contribution is 2.34. The monoisotopic (exact) mass is 433 g/mol. The third-order valence-electron chi connectivity index (χ3n) is 4.65. The number of hydrogen-bond acceptors (Lipinski definition) is 6. The van der Waals surface area contributed by atoms with E-state index in [1.807, 2.05) is 39.2 Å². The van der Waals surface area contributed by atoms with E-state index in [4.69, 9.17) is 14.5 Å². The number of benzene rings is 2. The van der Waals surface area contributed by atoms with Gasteiger partial charge in [0.05, 0.1) is 10.2 Å². The third kappa shape index (κ3) is 4.47. The van der Waals surface area contributed by atoms with Crippen LogP contribution >= 0.6 is 23.7 Å². The van der Waals surface area contributed by atoms with Crippen molar-refractivity contribution in [2.45, 2.75) is 6.92 Å². The van der Waals surface area contributed by atoms with E-state index >= 15 is 0 Å². The Morgan fingerprint density at radius 3 is 2.59 bits per heavy atom. The number of hydrogen-bond donors (Lipinski definition) is 0. The molecule has 1 aliphatic rings. The fraction of sp³-hybridized carbons (Fsp3) is 0.333. The van der Waals surface area contributed by atoms with Crippen LogP contribution in [0, 0.1) is 6.92 Å². The Morgan fingerprint density at radius 1 is 1.10 bits per heavy atom. The zero-order chi connectivity index (χ0) is 19.7. The molecule has 0 saturated heterocycles. The predicted octanol–water partition coefficient (Wildman–Crippen LogP) is 4.01. The molecule has 0 aliphatic carbocycles. The molecule has 1 aromatic heterocycles. The number of carbonyl (C=O) groups excluding carboxylic acids is 1. The highest BCUT2D eigenvalue weighted by atomic mass is 35.5. The first kappa shape index (κ1) is 21.4. The standard InChI is InChI=1S/C21H23N3O3S.ClH/c1-14-5-4-6-18-19(14)22-21(28-18)24(10-9-23(2)3)20(25)15-7-8-16-17(13-15)27-12-11-26-16;/h4-8,13H,9-12H2,1-3H3;1H. The van der Waals surface area contributed by atoms with E-state index in [9.17, 15) is 4.79 Å². The molecule has 29 heavy (non-hydrogen) atoms. The van der Waals surface area contributed by atoms with Crippen LogP contribution in [0.3, 0.4) is 0 Å². The maximum Gasteiger partial charge on any atom is 0.260 e. The summed E-state index contributed by atoms with van der Waals surface area (Å²) in [5.41, 5.74) is 2.63. The van der Waals surface area contributed by atoms with Crippen molar-refractivity contribution in [1.82, 2.24) is 9.88 Å². The van der Waals surface area contributed by atoms with Crippen LogP contribution in [0.1, 0.15) is 15.9 Å². The quantitative estimate of drug-likeness (QED) is 0.608. The maximum atomic E-state index is 13.4. The molecule has 0 N–H and O–H groups in total. The number of anilines is 1. The molecule has 0 bridgehead atoms. The van der Waals surface area contributed by atoms with Gasteiger partial charge in [-0.1, -0.05) is 23.5 Å². The van der Waals surface area contributed by atoms with E-state index < -0.39 is 0 Å². The van der Waals surface area contributed by atoms with Crippen molar-refractivity contribution in [2.24, 2.45) is 0 Å². The first-order chi connectivity index (χ1) is 13.5. The van der Waals surface area contributed by atoms with E-state index in [1.165, 1.54) is 0 Å². The summed E-state index contributed by atoms with van der Waals surface area (Å²) in [6.45, 7) is 4.36. The number of ether oxygens (including phenoxy) is 2. The topological polar surface area (TPSA) is 54.9 Å². The summed E-state index contributed by atoms with van der Waals surface area (Å²) in [7, 11) is 3.99. The summed E-state index contributed by atoms with van der Waals surface area (Å²) in [4.78, 5) is 22.0. The Labute approximate surface area is 180 Å². The number of para-hydroxylation sites is 1. The molecule has 0 unspecified atom stereocenters. The van der Waals surface area contributed by atoms with Crippen LogP contribution in [0.5, 0.6) is 11.5 Å². The molecule has 0 radical (unpaired) electrons. The van der Waals surface area contributed by atoms with E-state index in [0.717, 1.165) is 22.3 Å². The normalized spacial score (nSPS) is 12.7. The second-order valence-electron chi connectivity index (χ2n) is 7.04. The van der Waals surface area contributed by atoms with Gasteiger partial charge in [-0.15, -0.1) is 12.4 Å². The number of nitrogens with zero attached hydrogens (tertiary/aromatic N) is 3. The second kappa shape index (κ2) is 8.98. The SMILES string of the molecule is Cc1cccc2sc(N(CCN(C)C)C(=O)c3ccc4c(c3)OCCO4)nc12.Cl. The summed E-state index contributed by atoms with van der Waals surface area (Å²) in [6.07, 6.45) is 0. The van der Waals surface area contributed by atoms with Crippen LogP contribution in [0.2, 0.25) is 0 Å². The van der Waals surface area contributed by atoms with Crippen molar-refractivity contribution >= 4 is 45.0 Å². The van der Waals surface area contributed by atoms with E-state index in [1.54, 1.807) is 34.4 Å². The minimum Gasteiger partial charge on any atom is -0.486 e. The van der Waals surface area contributed by atoms with Crippen molar-refractivity contribution in [3.05, 3.63) is 47.5 Å². The van der Waals surface area contributed by atoms with Gasteiger partial charge >= 0.3 is 0 Å². The van der Waals surface area contributed by atoms with Crippen molar-refractivity contribution < 1.29 is 14.3 Å². The van der Waals surface area contributed by atoms with Gasteiger partial charge in [-0.2, -0.15) is 0 Å². The number of amides is 1. The molecule has 3 aromatic rings. The zero-order valence-corrected chi connectivity index (χ0v) is 18.3.